The highest BCUT2D eigenvalue weighted by molar-refractivity contribution is 6.51. The molecule has 1 fully saturated rings. The zero-order valence-electron chi connectivity index (χ0n) is 20.9. The van der Waals surface area contributed by atoms with Crippen LogP contribution in [0.3, 0.4) is 0 Å². The van der Waals surface area contributed by atoms with Gasteiger partial charge in [0.1, 0.15) is 17.3 Å². The Morgan fingerprint density at radius 2 is 1.67 bits per heavy atom. The van der Waals surface area contributed by atoms with Gasteiger partial charge in [-0.15, -0.1) is 0 Å². The van der Waals surface area contributed by atoms with Crippen molar-refractivity contribution in [1.29, 1.82) is 0 Å². The number of hydrogen-bond donors (Lipinski definition) is 1. The summed E-state index contributed by atoms with van der Waals surface area (Å²) in [7, 11) is 5.40. The molecule has 1 amide bonds. The molecule has 1 saturated heterocycles. The number of ketones is 1. The molecular weight excluding hydrogens is 456 g/mol. The molecule has 3 aromatic carbocycles. The van der Waals surface area contributed by atoms with Crippen LogP contribution in [0, 0.1) is 0 Å². The highest BCUT2D eigenvalue weighted by atomic mass is 16.5. The average molecular weight is 487 g/mol. The van der Waals surface area contributed by atoms with E-state index in [4.69, 9.17) is 9.47 Å². The van der Waals surface area contributed by atoms with E-state index in [1.165, 1.54) is 12.0 Å². The molecule has 3 aromatic rings. The normalized spacial score (nSPS) is 16.8. The van der Waals surface area contributed by atoms with E-state index in [0.717, 1.165) is 12.1 Å². The van der Waals surface area contributed by atoms with Crippen LogP contribution in [0.4, 0.5) is 11.4 Å². The van der Waals surface area contributed by atoms with E-state index >= 15 is 0 Å². The summed E-state index contributed by atoms with van der Waals surface area (Å²) in [5, 5.41) is 11.3. The quantitative estimate of drug-likeness (QED) is 0.269. The minimum Gasteiger partial charge on any atom is -0.507 e. The van der Waals surface area contributed by atoms with Gasteiger partial charge in [0.25, 0.3) is 11.7 Å². The Hall–Kier alpha value is -4.26. The molecule has 0 aromatic heterocycles. The summed E-state index contributed by atoms with van der Waals surface area (Å²) in [6, 6.07) is 20.6. The van der Waals surface area contributed by atoms with Gasteiger partial charge in [0.2, 0.25) is 0 Å². The standard InChI is InChI=1S/C29H30N2O5/c1-5-16-36-24-11-7-9-22(18-24)31-26(19-12-14-21(15-13-19)30(2)3)25(28(33)29(31)34)27(32)20-8-6-10-23(17-20)35-4/h6-15,17-18,26,32H,5,16H2,1-4H3/b27-25+. The van der Waals surface area contributed by atoms with Gasteiger partial charge >= 0.3 is 0 Å². The Bertz CT molecular complexity index is 1300. The Balaban J connectivity index is 1.89. The lowest BCUT2D eigenvalue weighted by atomic mass is 9.94. The molecule has 1 unspecified atom stereocenters. The maximum Gasteiger partial charge on any atom is 0.300 e. The fourth-order valence-electron chi connectivity index (χ4n) is 4.24. The van der Waals surface area contributed by atoms with Gasteiger partial charge < -0.3 is 19.5 Å². The van der Waals surface area contributed by atoms with E-state index in [1.54, 1.807) is 42.5 Å². The SMILES string of the molecule is CCCOc1cccc(N2C(=O)C(=O)/C(=C(/O)c3cccc(OC)c3)C2c2ccc(N(C)C)cc2)c1. The molecule has 0 spiro atoms. The third kappa shape index (κ3) is 4.77. The van der Waals surface area contributed by atoms with Crippen molar-refractivity contribution in [1.82, 2.24) is 0 Å². The highest BCUT2D eigenvalue weighted by Crippen LogP contribution is 2.43. The minimum absolute atomic E-state index is 0.0192. The number of hydrogen-bond acceptors (Lipinski definition) is 6. The fraction of sp³-hybridized carbons (Fsp3) is 0.241. The number of amides is 1. The number of aliphatic hydroxyl groups is 1. The first-order valence-corrected chi connectivity index (χ1v) is 11.8. The van der Waals surface area contributed by atoms with Gasteiger partial charge in [0, 0.05) is 37.1 Å². The molecule has 0 radical (unpaired) electrons. The molecule has 4 rings (SSSR count). The number of anilines is 2. The first kappa shape index (κ1) is 24.9. The smallest absolute Gasteiger partial charge is 0.300 e. The lowest BCUT2D eigenvalue weighted by Gasteiger charge is -2.26. The van der Waals surface area contributed by atoms with Gasteiger partial charge in [0.15, 0.2) is 0 Å². The van der Waals surface area contributed by atoms with Crippen LogP contribution in [0.5, 0.6) is 11.5 Å². The van der Waals surface area contributed by atoms with Gasteiger partial charge in [0.05, 0.1) is 25.3 Å². The second-order valence-corrected chi connectivity index (χ2v) is 8.73. The number of Topliss-reactive ketones (excluding diaryl/α,β-unsaturated/α-hetero) is 1. The summed E-state index contributed by atoms with van der Waals surface area (Å²) < 4.78 is 11.0. The number of methoxy groups -OCH3 is 1. The summed E-state index contributed by atoms with van der Waals surface area (Å²) in [5.41, 5.74) is 2.59. The number of rotatable bonds is 8. The van der Waals surface area contributed by atoms with Crippen LogP contribution in [0.2, 0.25) is 0 Å². The molecule has 1 aliphatic heterocycles. The first-order chi connectivity index (χ1) is 17.3. The number of aliphatic hydroxyl groups excluding tert-OH is 1. The molecular formula is C29H30N2O5. The van der Waals surface area contributed by atoms with Crippen LogP contribution in [0.25, 0.3) is 5.76 Å². The first-order valence-electron chi connectivity index (χ1n) is 11.8. The minimum atomic E-state index is -0.825. The maximum absolute atomic E-state index is 13.4. The second kappa shape index (κ2) is 10.6. The van der Waals surface area contributed by atoms with Crippen molar-refractivity contribution in [2.75, 3.05) is 37.6 Å². The monoisotopic (exact) mass is 486 g/mol. The number of nitrogens with zero attached hydrogens (tertiary/aromatic N) is 2. The average Bonchev–Trinajstić information content (AvgIpc) is 3.17. The zero-order valence-corrected chi connectivity index (χ0v) is 20.9. The van der Waals surface area contributed by atoms with Gasteiger partial charge in [-0.2, -0.15) is 0 Å². The molecule has 1 N–H and O–H groups in total. The lowest BCUT2D eigenvalue weighted by Crippen LogP contribution is -2.29. The molecule has 186 valence electrons. The van der Waals surface area contributed by atoms with Crippen LogP contribution in [-0.4, -0.2) is 44.6 Å². The van der Waals surface area contributed by atoms with Gasteiger partial charge in [-0.1, -0.05) is 37.3 Å². The predicted molar refractivity (Wildman–Crippen MR) is 141 cm³/mol. The maximum atomic E-state index is 13.4. The van der Waals surface area contributed by atoms with E-state index in [2.05, 4.69) is 0 Å². The molecule has 1 heterocycles. The van der Waals surface area contributed by atoms with Crippen molar-refractivity contribution < 1.29 is 24.2 Å². The van der Waals surface area contributed by atoms with Crippen molar-refractivity contribution in [3.8, 4) is 11.5 Å². The molecule has 0 aliphatic carbocycles. The van der Waals surface area contributed by atoms with Crippen molar-refractivity contribution in [2.24, 2.45) is 0 Å². The highest BCUT2D eigenvalue weighted by Gasteiger charge is 2.47. The third-order valence-corrected chi connectivity index (χ3v) is 6.08. The van der Waals surface area contributed by atoms with Gasteiger partial charge in [-0.05, 0) is 48.4 Å². The summed E-state index contributed by atoms with van der Waals surface area (Å²) in [5.74, 6) is -0.591. The van der Waals surface area contributed by atoms with E-state index in [-0.39, 0.29) is 11.3 Å². The Labute approximate surface area is 211 Å². The van der Waals surface area contributed by atoms with E-state index in [1.807, 2.05) is 56.3 Å². The molecule has 1 aliphatic rings. The lowest BCUT2D eigenvalue weighted by molar-refractivity contribution is -0.132. The third-order valence-electron chi connectivity index (χ3n) is 6.08. The van der Waals surface area contributed by atoms with E-state index in [0.29, 0.717) is 34.9 Å². The zero-order chi connectivity index (χ0) is 25.8. The van der Waals surface area contributed by atoms with E-state index < -0.39 is 17.7 Å². The molecule has 7 nitrogen and oxygen atoms in total. The number of benzene rings is 3. The second-order valence-electron chi connectivity index (χ2n) is 8.73. The molecule has 0 saturated carbocycles. The van der Waals surface area contributed by atoms with Crippen LogP contribution < -0.4 is 19.3 Å². The molecule has 7 heteroatoms. The Morgan fingerprint density at radius 3 is 2.33 bits per heavy atom. The van der Waals surface area contributed by atoms with Crippen molar-refractivity contribution >= 4 is 28.8 Å². The topological polar surface area (TPSA) is 79.3 Å². The molecule has 1 atom stereocenters. The van der Waals surface area contributed by atoms with Crippen molar-refractivity contribution in [3.05, 3.63) is 89.5 Å². The summed E-state index contributed by atoms with van der Waals surface area (Å²) >= 11 is 0. The van der Waals surface area contributed by atoms with Crippen LogP contribution in [0.15, 0.2) is 78.4 Å². The van der Waals surface area contributed by atoms with Gasteiger partial charge in [-0.25, -0.2) is 0 Å². The van der Waals surface area contributed by atoms with Crippen molar-refractivity contribution in [2.45, 2.75) is 19.4 Å². The van der Waals surface area contributed by atoms with Crippen molar-refractivity contribution in [3.63, 3.8) is 0 Å². The Kier molecular flexibility index (Phi) is 7.29. The van der Waals surface area contributed by atoms with E-state index in [9.17, 15) is 14.7 Å². The summed E-state index contributed by atoms with van der Waals surface area (Å²) in [6.07, 6.45) is 0.841. The number of carbonyl (C=O) groups is 2. The fourth-order valence-corrected chi connectivity index (χ4v) is 4.24. The Morgan fingerprint density at radius 1 is 0.972 bits per heavy atom. The number of carbonyl (C=O) groups excluding carboxylic acids is 2. The molecule has 0 bridgehead atoms. The summed E-state index contributed by atoms with van der Waals surface area (Å²) in [4.78, 5) is 30.2. The van der Waals surface area contributed by atoms with Crippen LogP contribution in [0.1, 0.15) is 30.5 Å². The number of ether oxygens (including phenoxy) is 2. The van der Waals surface area contributed by atoms with Crippen LogP contribution in [-0.2, 0) is 9.59 Å². The van der Waals surface area contributed by atoms with Crippen LogP contribution >= 0.6 is 0 Å². The molecule has 36 heavy (non-hydrogen) atoms. The van der Waals surface area contributed by atoms with Gasteiger partial charge in [-0.3, -0.25) is 14.5 Å². The largest absolute Gasteiger partial charge is 0.507 e. The summed E-state index contributed by atoms with van der Waals surface area (Å²) in [6.45, 7) is 2.55. The predicted octanol–water partition coefficient (Wildman–Crippen LogP) is 5.18.